The molecule has 0 atom stereocenters. The Morgan fingerprint density at radius 1 is 1.22 bits per heavy atom. The van der Waals surface area contributed by atoms with Crippen molar-refractivity contribution in [2.75, 3.05) is 33.2 Å². The van der Waals surface area contributed by atoms with Crippen LogP contribution in [0.3, 0.4) is 0 Å². The number of pyridine rings is 1. The quantitative estimate of drug-likeness (QED) is 0.680. The molecule has 0 aliphatic heterocycles. The van der Waals surface area contributed by atoms with Gasteiger partial charge in [-0.05, 0) is 38.1 Å². The Morgan fingerprint density at radius 3 is 2.72 bits per heavy atom. The summed E-state index contributed by atoms with van der Waals surface area (Å²) in [6.07, 6.45) is 4.16. The lowest BCUT2D eigenvalue weighted by Gasteiger charge is -2.16. The van der Waals surface area contributed by atoms with Gasteiger partial charge in [0.05, 0.1) is 0 Å². The summed E-state index contributed by atoms with van der Waals surface area (Å²) in [6.45, 7) is 8.91. The topological polar surface area (TPSA) is 28.2 Å². The van der Waals surface area contributed by atoms with Crippen molar-refractivity contribution in [2.24, 2.45) is 5.92 Å². The minimum atomic E-state index is 0.791. The molecule has 0 amide bonds. The second-order valence-electron chi connectivity index (χ2n) is 5.31. The van der Waals surface area contributed by atoms with Gasteiger partial charge in [0, 0.05) is 37.9 Å². The van der Waals surface area contributed by atoms with Crippen LogP contribution in [0.25, 0.3) is 0 Å². The maximum absolute atomic E-state index is 4.34. The second-order valence-corrected chi connectivity index (χ2v) is 5.31. The largest absolute Gasteiger partial charge is 0.315 e. The third-order valence-corrected chi connectivity index (χ3v) is 3.04. The maximum Gasteiger partial charge on any atom is 0.0416 e. The SMILES string of the molecule is CC(C)CCNCCN(C)CCc1ccccn1. The molecular weight excluding hydrogens is 222 g/mol. The van der Waals surface area contributed by atoms with Gasteiger partial charge in [0.2, 0.25) is 0 Å². The van der Waals surface area contributed by atoms with Crippen LogP contribution in [0.5, 0.6) is 0 Å². The minimum Gasteiger partial charge on any atom is -0.315 e. The Kier molecular flexibility index (Phi) is 7.62. The Bertz CT molecular complexity index is 298. The highest BCUT2D eigenvalue weighted by atomic mass is 15.1. The van der Waals surface area contributed by atoms with Crippen LogP contribution < -0.4 is 5.32 Å². The molecule has 0 aliphatic carbocycles. The summed E-state index contributed by atoms with van der Waals surface area (Å²) < 4.78 is 0. The molecular formula is C15H27N3. The number of rotatable bonds is 9. The van der Waals surface area contributed by atoms with Crippen LogP contribution in [0, 0.1) is 5.92 Å². The summed E-state index contributed by atoms with van der Waals surface area (Å²) in [5.74, 6) is 0.791. The van der Waals surface area contributed by atoms with E-state index in [-0.39, 0.29) is 0 Å². The number of nitrogens with zero attached hydrogens (tertiary/aromatic N) is 2. The lowest BCUT2D eigenvalue weighted by atomic mass is 10.1. The summed E-state index contributed by atoms with van der Waals surface area (Å²) in [6, 6.07) is 6.11. The average molecular weight is 249 g/mol. The van der Waals surface area contributed by atoms with E-state index < -0.39 is 0 Å². The molecule has 0 unspecified atom stereocenters. The fourth-order valence-corrected chi connectivity index (χ4v) is 1.75. The number of nitrogens with one attached hydrogen (secondary N) is 1. The molecule has 0 spiro atoms. The molecule has 0 fully saturated rings. The number of aromatic nitrogens is 1. The van der Waals surface area contributed by atoms with Gasteiger partial charge < -0.3 is 10.2 Å². The van der Waals surface area contributed by atoms with E-state index in [9.17, 15) is 0 Å². The summed E-state index contributed by atoms with van der Waals surface area (Å²) in [7, 11) is 2.17. The fraction of sp³-hybridized carbons (Fsp3) is 0.667. The van der Waals surface area contributed by atoms with Gasteiger partial charge in [-0.3, -0.25) is 4.98 Å². The van der Waals surface area contributed by atoms with E-state index in [0.29, 0.717) is 0 Å². The number of likely N-dealkylation sites (N-methyl/N-ethyl adjacent to an activating group) is 1. The molecule has 18 heavy (non-hydrogen) atoms. The molecule has 0 saturated carbocycles. The van der Waals surface area contributed by atoms with E-state index in [2.05, 4.69) is 48.2 Å². The Hall–Kier alpha value is -0.930. The highest BCUT2D eigenvalue weighted by molar-refractivity contribution is 5.03. The zero-order valence-corrected chi connectivity index (χ0v) is 12.0. The molecule has 3 nitrogen and oxygen atoms in total. The van der Waals surface area contributed by atoms with Gasteiger partial charge in [0.1, 0.15) is 0 Å². The van der Waals surface area contributed by atoms with Gasteiger partial charge in [0.25, 0.3) is 0 Å². The van der Waals surface area contributed by atoms with Crippen molar-refractivity contribution in [1.82, 2.24) is 15.2 Å². The first-order valence-corrected chi connectivity index (χ1v) is 6.97. The van der Waals surface area contributed by atoms with E-state index in [1.54, 1.807) is 0 Å². The van der Waals surface area contributed by atoms with Crippen LogP contribution in [0.1, 0.15) is 26.0 Å². The van der Waals surface area contributed by atoms with Crippen molar-refractivity contribution in [3.05, 3.63) is 30.1 Å². The average Bonchev–Trinajstić information content (AvgIpc) is 2.37. The molecule has 1 aromatic rings. The summed E-state index contributed by atoms with van der Waals surface area (Å²) in [5, 5.41) is 3.49. The van der Waals surface area contributed by atoms with E-state index in [1.165, 1.54) is 12.1 Å². The third-order valence-electron chi connectivity index (χ3n) is 3.04. The monoisotopic (exact) mass is 249 g/mol. The molecule has 0 bridgehead atoms. The molecule has 0 radical (unpaired) electrons. The zero-order valence-electron chi connectivity index (χ0n) is 12.0. The summed E-state index contributed by atoms with van der Waals surface area (Å²) in [4.78, 5) is 6.70. The lowest BCUT2D eigenvalue weighted by Crippen LogP contribution is -2.31. The standard InChI is InChI=1S/C15H27N3/c1-14(2)7-10-16-11-13-18(3)12-8-15-6-4-5-9-17-15/h4-6,9,14,16H,7-8,10-13H2,1-3H3. The molecule has 0 aliphatic rings. The molecule has 1 heterocycles. The predicted octanol–water partition coefficient (Wildman–Crippen LogP) is 2.19. The van der Waals surface area contributed by atoms with Gasteiger partial charge >= 0.3 is 0 Å². The molecule has 1 N–H and O–H groups in total. The summed E-state index contributed by atoms with van der Waals surface area (Å²) >= 11 is 0. The molecule has 1 rings (SSSR count). The first kappa shape index (κ1) is 15.1. The molecule has 1 aromatic heterocycles. The van der Waals surface area contributed by atoms with Gasteiger partial charge in [-0.1, -0.05) is 19.9 Å². The minimum absolute atomic E-state index is 0.791. The van der Waals surface area contributed by atoms with Crippen molar-refractivity contribution in [1.29, 1.82) is 0 Å². The lowest BCUT2D eigenvalue weighted by molar-refractivity contribution is 0.333. The third kappa shape index (κ3) is 7.41. The molecule has 0 aromatic carbocycles. The van der Waals surface area contributed by atoms with Crippen LogP contribution in [-0.4, -0.2) is 43.1 Å². The first-order chi connectivity index (χ1) is 8.68. The van der Waals surface area contributed by atoms with Crippen LogP contribution in [0.4, 0.5) is 0 Å². The van der Waals surface area contributed by atoms with Crippen molar-refractivity contribution < 1.29 is 0 Å². The van der Waals surface area contributed by atoms with Crippen LogP contribution in [0.2, 0.25) is 0 Å². The zero-order chi connectivity index (χ0) is 13.2. The Labute approximate surface area is 112 Å². The highest BCUT2D eigenvalue weighted by Crippen LogP contribution is 1.97. The van der Waals surface area contributed by atoms with Crippen LogP contribution >= 0.6 is 0 Å². The number of hydrogen-bond donors (Lipinski definition) is 1. The maximum atomic E-state index is 4.34. The fourth-order valence-electron chi connectivity index (χ4n) is 1.75. The molecule has 0 saturated heterocycles. The Balaban J connectivity index is 2.02. The van der Waals surface area contributed by atoms with E-state index in [0.717, 1.165) is 38.5 Å². The Morgan fingerprint density at radius 2 is 2.06 bits per heavy atom. The normalized spacial score (nSPS) is 11.4. The molecule has 102 valence electrons. The predicted molar refractivity (Wildman–Crippen MR) is 77.8 cm³/mol. The van der Waals surface area contributed by atoms with Crippen molar-refractivity contribution >= 4 is 0 Å². The number of hydrogen-bond acceptors (Lipinski definition) is 3. The van der Waals surface area contributed by atoms with Crippen molar-refractivity contribution in [2.45, 2.75) is 26.7 Å². The van der Waals surface area contributed by atoms with Gasteiger partial charge in [-0.15, -0.1) is 0 Å². The first-order valence-electron chi connectivity index (χ1n) is 6.97. The van der Waals surface area contributed by atoms with Gasteiger partial charge in [0.15, 0.2) is 0 Å². The smallest absolute Gasteiger partial charge is 0.0416 e. The summed E-state index contributed by atoms with van der Waals surface area (Å²) in [5.41, 5.74) is 1.18. The van der Waals surface area contributed by atoms with Crippen LogP contribution in [-0.2, 0) is 6.42 Å². The van der Waals surface area contributed by atoms with Gasteiger partial charge in [-0.2, -0.15) is 0 Å². The van der Waals surface area contributed by atoms with Crippen LogP contribution in [0.15, 0.2) is 24.4 Å². The highest BCUT2D eigenvalue weighted by Gasteiger charge is 2.00. The van der Waals surface area contributed by atoms with Crippen molar-refractivity contribution in [3.63, 3.8) is 0 Å². The van der Waals surface area contributed by atoms with Crippen molar-refractivity contribution in [3.8, 4) is 0 Å². The second kappa shape index (κ2) is 9.06. The molecule has 3 heteroatoms. The van der Waals surface area contributed by atoms with E-state index in [1.807, 2.05) is 12.3 Å². The van der Waals surface area contributed by atoms with Gasteiger partial charge in [-0.25, -0.2) is 0 Å². The van der Waals surface area contributed by atoms with E-state index in [4.69, 9.17) is 0 Å². The van der Waals surface area contributed by atoms with E-state index >= 15 is 0 Å².